The zero-order valence-electron chi connectivity index (χ0n) is 14.0. The number of carboxylic acid groups (broad SMARTS) is 1. The molecule has 126 valence electrons. The van der Waals surface area contributed by atoms with Crippen LogP contribution < -0.4 is 5.32 Å². The van der Waals surface area contributed by atoms with Gasteiger partial charge in [-0.05, 0) is 42.7 Å². The number of nitrogens with one attached hydrogen (secondary N) is 1. The Morgan fingerprint density at radius 3 is 2.58 bits per heavy atom. The maximum atomic E-state index is 12.4. The second-order valence-electron chi connectivity index (χ2n) is 6.82. The van der Waals surface area contributed by atoms with Crippen LogP contribution >= 0.6 is 0 Å². The van der Waals surface area contributed by atoms with E-state index in [1.807, 2.05) is 37.3 Å². The predicted molar refractivity (Wildman–Crippen MR) is 92.8 cm³/mol. The lowest BCUT2D eigenvalue weighted by Gasteiger charge is -2.23. The number of benzene rings is 2. The quantitative estimate of drug-likeness (QED) is 0.908. The van der Waals surface area contributed by atoms with E-state index in [9.17, 15) is 14.7 Å². The minimum absolute atomic E-state index is 0.140. The zero-order valence-corrected chi connectivity index (χ0v) is 14.0. The number of likely N-dealkylation sites (tertiary alicyclic amines) is 1. The van der Waals surface area contributed by atoms with E-state index in [0.29, 0.717) is 13.0 Å². The smallest absolute Gasteiger partial charge is 0.317 e. The summed E-state index contributed by atoms with van der Waals surface area (Å²) in [5.41, 5.74) is 0.186. The molecule has 1 heterocycles. The first-order valence-electron chi connectivity index (χ1n) is 8.17. The fourth-order valence-electron chi connectivity index (χ4n) is 3.15. The van der Waals surface area contributed by atoms with Gasteiger partial charge in [-0.25, -0.2) is 4.79 Å². The van der Waals surface area contributed by atoms with Gasteiger partial charge in [0.15, 0.2) is 0 Å². The van der Waals surface area contributed by atoms with Crippen LogP contribution in [0.5, 0.6) is 0 Å². The Morgan fingerprint density at radius 2 is 1.92 bits per heavy atom. The summed E-state index contributed by atoms with van der Waals surface area (Å²) in [6, 6.07) is 13.9. The van der Waals surface area contributed by atoms with Gasteiger partial charge in [0.05, 0.1) is 11.5 Å². The van der Waals surface area contributed by atoms with Gasteiger partial charge in [-0.2, -0.15) is 0 Å². The average Bonchev–Trinajstić information content (AvgIpc) is 2.98. The molecule has 0 aliphatic carbocycles. The van der Waals surface area contributed by atoms with Crippen molar-refractivity contribution in [2.24, 2.45) is 5.41 Å². The summed E-state index contributed by atoms with van der Waals surface area (Å²) in [6.45, 7) is 4.35. The standard InChI is InChI=1S/C19H22N2O3/c1-13(15-8-7-14-5-3-4-6-16(14)11-15)20-18(24)21-10-9-19(2,12-21)17(22)23/h3-8,11,13H,9-10,12H2,1-2H3,(H,20,24)(H,22,23). The van der Waals surface area contributed by atoms with Crippen LogP contribution in [0.15, 0.2) is 42.5 Å². The van der Waals surface area contributed by atoms with Crippen LogP contribution in [0.3, 0.4) is 0 Å². The highest BCUT2D eigenvalue weighted by molar-refractivity contribution is 5.83. The molecule has 1 aliphatic heterocycles. The molecule has 3 rings (SSSR count). The van der Waals surface area contributed by atoms with Crippen molar-refractivity contribution in [3.05, 3.63) is 48.0 Å². The molecular formula is C19H22N2O3. The summed E-state index contributed by atoms with van der Waals surface area (Å²) < 4.78 is 0. The molecule has 5 heteroatoms. The third kappa shape index (κ3) is 3.07. The molecule has 24 heavy (non-hydrogen) atoms. The van der Waals surface area contributed by atoms with E-state index < -0.39 is 11.4 Å². The number of carboxylic acids is 1. The third-order valence-corrected chi connectivity index (χ3v) is 4.89. The number of carbonyl (C=O) groups excluding carboxylic acids is 1. The largest absolute Gasteiger partial charge is 0.481 e. The summed E-state index contributed by atoms with van der Waals surface area (Å²) in [6.07, 6.45) is 0.486. The van der Waals surface area contributed by atoms with Crippen LogP contribution in [0.1, 0.15) is 31.9 Å². The Labute approximate surface area is 141 Å². The number of rotatable bonds is 3. The third-order valence-electron chi connectivity index (χ3n) is 4.89. The first-order chi connectivity index (χ1) is 11.4. The molecule has 0 spiro atoms. The molecule has 2 aromatic rings. The Morgan fingerprint density at radius 1 is 1.21 bits per heavy atom. The maximum Gasteiger partial charge on any atom is 0.317 e. The number of nitrogens with zero attached hydrogens (tertiary/aromatic N) is 1. The van der Waals surface area contributed by atoms with Gasteiger partial charge in [0.1, 0.15) is 0 Å². The van der Waals surface area contributed by atoms with Gasteiger partial charge in [-0.15, -0.1) is 0 Å². The normalized spacial score (nSPS) is 21.7. The topological polar surface area (TPSA) is 69.6 Å². The molecule has 2 atom stereocenters. The van der Waals surface area contributed by atoms with E-state index in [2.05, 4.69) is 17.4 Å². The van der Waals surface area contributed by atoms with Crippen molar-refractivity contribution in [1.82, 2.24) is 10.2 Å². The Bertz CT molecular complexity index is 789. The highest BCUT2D eigenvalue weighted by atomic mass is 16.4. The Hall–Kier alpha value is -2.56. The van der Waals surface area contributed by atoms with Gasteiger partial charge >= 0.3 is 12.0 Å². The van der Waals surface area contributed by atoms with Crippen LogP contribution in [0.25, 0.3) is 10.8 Å². The second-order valence-corrected chi connectivity index (χ2v) is 6.82. The van der Waals surface area contributed by atoms with E-state index >= 15 is 0 Å². The molecule has 1 saturated heterocycles. The average molecular weight is 326 g/mol. The summed E-state index contributed by atoms with van der Waals surface area (Å²) in [4.78, 5) is 25.3. The molecule has 0 aromatic heterocycles. The zero-order chi connectivity index (χ0) is 17.3. The molecule has 1 fully saturated rings. The first-order valence-corrected chi connectivity index (χ1v) is 8.17. The Kier molecular flexibility index (Phi) is 4.18. The second kappa shape index (κ2) is 6.15. The number of fused-ring (bicyclic) bond motifs is 1. The number of urea groups is 1. The van der Waals surface area contributed by atoms with Crippen LogP contribution in [0.2, 0.25) is 0 Å². The van der Waals surface area contributed by atoms with Gasteiger partial charge in [0, 0.05) is 13.1 Å². The van der Waals surface area contributed by atoms with Gasteiger partial charge in [0.25, 0.3) is 0 Å². The van der Waals surface area contributed by atoms with Crippen LogP contribution in [0.4, 0.5) is 4.79 Å². The van der Waals surface area contributed by atoms with Gasteiger partial charge in [0.2, 0.25) is 0 Å². The van der Waals surface area contributed by atoms with Crippen molar-refractivity contribution in [3.63, 3.8) is 0 Å². The fraction of sp³-hybridized carbons (Fsp3) is 0.368. The van der Waals surface area contributed by atoms with E-state index in [-0.39, 0.29) is 18.6 Å². The van der Waals surface area contributed by atoms with E-state index in [1.54, 1.807) is 11.8 Å². The van der Waals surface area contributed by atoms with Crippen LogP contribution in [0, 0.1) is 5.41 Å². The van der Waals surface area contributed by atoms with Crippen LogP contribution in [-0.2, 0) is 4.79 Å². The SMILES string of the molecule is CC(NC(=O)N1CCC(C)(C(=O)O)C1)c1ccc2ccccc2c1. The van der Waals surface area contributed by atoms with Crippen molar-refractivity contribution in [2.75, 3.05) is 13.1 Å². The van der Waals surface area contributed by atoms with Crippen molar-refractivity contribution < 1.29 is 14.7 Å². The molecule has 0 bridgehead atoms. The first kappa shape index (κ1) is 16.3. The van der Waals surface area contributed by atoms with Crippen molar-refractivity contribution in [2.45, 2.75) is 26.3 Å². The van der Waals surface area contributed by atoms with Gasteiger partial charge < -0.3 is 15.3 Å². The summed E-state index contributed by atoms with van der Waals surface area (Å²) in [5, 5.41) is 14.5. The van der Waals surface area contributed by atoms with Crippen LogP contribution in [-0.4, -0.2) is 35.1 Å². The number of carbonyl (C=O) groups is 2. The highest BCUT2D eigenvalue weighted by Gasteiger charge is 2.42. The lowest BCUT2D eigenvalue weighted by Crippen LogP contribution is -2.41. The van der Waals surface area contributed by atoms with E-state index in [4.69, 9.17) is 0 Å². The lowest BCUT2D eigenvalue weighted by molar-refractivity contribution is -0.146. The predicted octanol–water partition coefficient (Wildman–Crippen LogP) is 3.41. The molecule has 2 aromatic carbocycles. The molecule has 1 aliphatic rings. The minimum Gasteiger partial charge on any atom is -0.481 e. The fourth-order valence-corrected chi connectivity index (χ4v) is 3.15. The molecule has 2 amide bonds. The van der Waals surface area contributed by atoms with E-state index in [0.717, 1.165) is 16.3 Å². The number of hydrogen-bond acceptors (Lipinski definition) is 2. The molecular weight excluding hydrogens is 304 g/mol. The van der Waals surface area contributed by atoms with Gasteiger partial charge in [-0.1, -0.05) is 36.4 Å². The summed E-state index contributed by atoms with van der Waals surface area (Å²) in [5.74, 6) is -0.847. The Balaban J connectivity index is 1.68. The molecule has 0 saturated carbocycles. The monoisotopic (exact) mass is 326 g/mol. The maximum absolute atomic E-state index is 12.4. The molecule has 2 unspecified atom stereocenters. The number of hydrogen-bond donors (Lipinski definition) is 2. The van der Waals surface area contributed by atoms with E-state index in [1.165, 1.54) is 0 Å². The summed E-state index contributed by atoms with van der Waals surface area (Å²) >= 11 is 0. The van der Waals surface area contributed by atoms with Crippen molar-refractivity contribution in [1.29, 1.82) is 0 Å². The molecule has 0 radical (unpaired) electrons. The number of aliphatic carboxylic acids is 1. The molecule has 5 nitrogen and oxygen atoms in total. The lowest BCUT2D eigenvalue weighted by atomic mass is 9.90. The number of amides is 2. The van der Waals surface area contributed by atoms with Crippen molar-refractivity contribution >= 4 is 22.8 Å². The summed E-state index contributed by atoms with van der Waals surface area (Å²) in [7, 11) is 0. The van der Waals surface area contributed by atoms with Crippen molar-refractivity contribution in [3.8, 4) is 0 Å². The van der Waals surface area contributed by atoms with Gasteiger partial charge in [-0.3, -0.25) is 4.79 Å². The minimum atomic E-state index is -0.847. The highest BCUT2D eigenvalue weighted by Crippen LogP contribution is 2.30. The molecule has 2 N–H and O–H groups in total.